The monoisotopic (exact) mass is 418 g/mol. The van der Waals surface area contributed by atoms with Crippen molar-refractivity contribution >= 4 is 16.9 Å². The van der Waals surface area contributed by atoms with Crippen LogP contribution in [-0.4, -0.2) is 33.3 Å². The van der Waals surface area contributed by atoms with Crippen LogP contribution in [0.5, 0.6) is 5.75 Å². The van der Waals surface area contributed by atoms with Crippen molar-refractivity contribution in [1.29, 1.82) is 0 Å². The largest absolute Gasteiger partial charge is 0.475 e. The Morgan fingerprint density at radius 2 is 1.97 bits per heavy atom. The number of rotatable bonds is 4. The van der Waals surface area contributed by atoms with Gasteiger partial charge in [0.15, 0.2) is 5.75 Å². The minimum atomic E-state index is -0.923. The molecular weight excluding hydrogens is 396 g/mol. The molecule has 0 saturated heterocycles. The van der Waals surface area contributed by atoms with Crippen LogP contribution in [0.25, 0.3) is 22.2 Å². The predicted octanol–water partition coefficient (Wildman–Crippen LogP) is 3.09. The van der Waals surface area contributed by atoms with Crippen LogP contribution in [0.4, 0.5) is 0 Å². The Bertz CT molecular complexity index is 1330. The van der Waals surface area contributed by atoms with Crippen LogP contribution in [0.3, 0.4) is 0 Å². The van der Waals surface area contributed by atoms with Gasteiger partial charge in [-0.25, -0.2) is 4.79 Å². The molecule has 3 heterocycles. The van der Waals surface area contributed by atoms with Crippen LogP contribution in [0, 0.1) is 13.8 Å². The van der Waals surface area contributed by atoms with E-state index >= 15 is 0 Å². The van der Waals surface area contributed by atoms with Crippen molar-refractivity contribution < 1.29 is 14.1 Å². The van der Waals surface area contributed by atoms with Crippen LogP contribution >= 0.6 is 0 Å². The number of aryl methyl sites for hydroxylation is 2. The van der Waals surface area contributed by atoms with Crippen LogP contribution in [-0.2, 0) is 4.79 Å². The fourth-order valence-corrected chi connectivity index (χ4v) is 4.41. The van der Waals surface area contributed by atoms with Gasteiger partial charge in [0.1, 0.15) is 17.3 Å². The number of nitrogens with one attached hydrogen (secondary N) is 2. The number of imidazole rings is 1. The summed E-state index contributed by atoms with van der Waals surface area (Å²) in [6, 6.07) is 12.6. The summed E-state index contributed by atoms with van der Waals surface area (Å²) in [5.74, 6) is 0.825. The highest BCUT2D eigenvalue weighted by atomic mass is 16.5. The maximum atomic E-state index is 13.1. The van der Waals surface area contributed by atoms with Gasteiger partial charge in [0, 0.05) is 12.1 Å². The summed E-state index contributed by atoms with van der Waals surface area (Å²) in [4.78, 5) is 29.1. The van der Waals surface area contributed by atoms with E-state index in [1.807, 2.05) is 63.2 Å². The first kappa shape index (κ1) is 19.2. The number of carbonyl (C=O) groups excluding carboxylic acids is 1. The SMILES string of the molecule is CCNC(=O)C1Oc2c(-c3c(C)noc3C)ccc3[nH]c(=O)n(c23)C1c1ccccc1. The molecule has 0 saturated carbocycles. The average Bonchev–Trinajstić information content (AvgIpc) is 3.28. The lowest BCUT2D eigenvalue weighted by molar-refractivity contribution is -0.129. The number of H-pyrrole nitrogens is 1. The summed E-state index contributed by atoms with van der Waals surface area (Å²) < 4.78 is 13.4. The van der Waals surface area contributed by atoms with Crippen molar-refractivity contribution in [2.45, 2.75) is 32.9 Å². The lowest BCUT2D eigenvalue weighted by Crippen LogP contribution is -2.48. The number of aromatic amines is 1. The van der Waals surface area contributed by atoms with Crippen molar-refractivity contribution in [1.82, 2.24) is 20.0 Å². The lowest BCUT2D eigenvalue weighted by atomic mass is 9.96. The third-order valence-electron chi connectivity index (χ3n) is 5.70. The molecule has 1 amide bonds. The third kappa shape index (κ3) is 2.86. The summed E-state index contributed by atoms with van der Waals surface area (Å²) in [6.07, 6.45) is -0.923. The highest BCUT2D eigenvalue weighted by Gasteiger charge is 2.41. The first-order chi connectivity index (χ1) is 15.0. The zero-order valence-electron chi connectivity index (χ0n) is 17.4. The van der Waals surface area contributed by atoms with Gasteiger partial charge in [-0.2, -0.15) is 0 Å². The van der Waals surface area contributed by atoms with Crippen LogP contribution < -0.4 is 15.7 Å². The zero-order valence-corrected chi connectivity index (χ0v) is 17.4. The molecule has 0 bridgehead atoms. The molecule has 2 aromatic carbocycles. The van der Waals surface area contributed by atoms with Gasteiger partial charge in [-0.15, -0.1) is 0 Å². The molecule has 0 aliphatic carbocycles. The van der Waals surface area contributed by atoms with Crippen LogP contribution in [0.1, 0.15) is 30.0 Å². The van der Waals surface area contributed by atoms with Crippen molar-refractivity contribution in [3.63, 3.8) is 0 Å². The number of carbonyl (C=O) groups is 1. The van der Waals surface area contributed by atoms with Crippen molar-refractivity contribution in [2.24, 2.45) is 0 Å². The number of likely N-dealkylation sites (N-methyl/N-ethyl adjacent to an activating group) is 1. The van der Waals surface area contributed by atoms with Gasteiger partial charge in [-0.05, 0) is 38.5 Å². The smallest absolute Gasteiger partial charge is 0.327 e. The van der Waals surface area contributed by atoms with Crippen molar-refractivity contribution in [2.75, 3.05) is 6.54 Å². The Labute approximate surface area is 177 Å². The van der Waals surface area contributed by atoms with E-state index in [1.54, 1.807) is 4.57 Å². The summed E-state index contributed by atoms with van der Waals surface area (Å²) in [5.41, 5.74) is 4.03. The fourth-order valence-electron chi connectivity index (χ4n) is 4.41. The van der Waals surface area contributed by atoms with E-state index < -0.39 is 12.1 Å². The van der Waals surface area contributed by atoms with E-state index in [9.17, 15) is 9.59 Å². The number of benzene rings is 2. The molecule has 0 radical (unpaired) electrons. The second-order valence-corrected chi connectivity index (χ2v) is 7.63. The number of ether oxygens (including phenoxy) is 1. The molecule has 8 nitrogen and oxygen atoms in total. The lowest BCUT2D eigenvalue weighted by Gasteiger charge is -2.33. The van der Waals surface area contributed by atoms with Gasteiger partial charge >= 0.3 is 5.69 Å². The summed E-state index contributed by atoms with van der Waals surface area (Å²) in [6.45, 7) is 5.98. The quantitative estimate of drug-likeness (QED) is 0.530. The van der Waals surface area contributed by atoms with Gasteiger partial charge in [0.25, 0.3) is 5.91 Å². The predicted molar refractivity (Wildman–Crippen MR) is 115 cm³/mol. The van der Waals surface area contributed by atoms with E-state index in [1.165, 1.54) is 0 Å². The highest BCUT2D eigenvalue weighted by molar-refractivity contribution is 5.94. The normalized spacial score (nSPS) is 17.5. The molecule has 158 valence electrons. The van der Waals surface area contributed by atoms with Gasteiger partial charge in [-0.1, -0.05) is 35.5 Å². The summed E-state index contributed by atoms with van der Waals surface area (Å²) >= 11 is 0. The molecule has 5 rings (SSSR count). The summed E-state index contributed by atoms with van der Waals surface area (Å²) in [5, 5.41) is 6.90. The minimum Gasteiger partial charge on any atom is -0.475 e. The second kappa shape index (κ2) is 7.16. The Morgan fingerprint density at radius 3 is 2.65 bits per heavy atom. The van der Waals surface area contributed by atoms with Gasteiger partial charge in [-0.3, -0.25) is 9.36 Å². The number of amides is 1. The molecule has 4 aromatic rings. The topological polar surface area (TPSA) is 102 Å². The van der Waals surface area contributed by atoms with E-state index in [-0.39, 0.29) is 11.6 Å². The van der Waals surface area contributed by atoms with Crippen LogP contribution in [0.2, 0.25) is 0 Å². The highest BCUT2D eigenvalue weighted by Crippen LogP contribution is 2.44. The van der Waals surface area contributed by atoms with Crippen molar-refractivity contribution in [3.8, 4) is 16.9 Å². The minimum absolute atomic E-state index is 0.281. The Kier molecular flexibility index (Phi) is 4.43. The fraction of sp³-hybridized carbons (Fsp3) is 0.261. The number of aromatic nitrogens is 3. The second-order valence-electron chi connectivity index (χ2n) is 7.63. The van der Waals surface area contributed by atoms with E-state index in [4.69, 9.17) is 9.26 Å². The molecule has 1 aliphatic heterocycles. The zero-order chi connectivity index (χ0) is 21.7. The van der Waals surface area contributed by atoms with E-state index in [0.29, 0.717) is 34.8 Å². The molecule has 2 unspecified atom stereocenters. The number of hydrogen-bond donors (Lipinski definition) is 2. The van der Waals surface area contributed by atoms with Crippen LogP contribution in [0.15, 0.2) is 51.8 Å². The standard InChI is InChI=1S/C23H22N4O4/c1-4-24-22(28)21-18(14-8-6-5-7-9-14)27-19-16(25-23(27)29)11-10-15(20(19)30-21)17-12(2)26-31-13(17)3/h5-11,18,21H,4H2,1-3H3,(H,24,28)(H,25,29). The molecule has 8 heteroatoms. The Morgan fingerprint density at radius 1 is 1.19 bits per heavy atom. The van der Waals surface area contributed by atoms with Gasteiger partial charge in [0.2, 0.25) is 6.10 Å². The van der Waals surface area contributed by atoms with E-state index in [0.717, 1.165) is 16.7 Å². The molecule has 0 spiro atoms. The molecular formula is C23H22N4O4. The first-order valence-corrected chi connectivity index (χ1v) is 10.2. The van der Waals surface area contributed by atoms with Gasteiger partial charge < -0.3 is 19.6 Å². The maximum Gasteiger partial charge on any atom is 0.327 e. The van der Waals surface area contributed by atoms with Crippen molar-refractivity contribution in [3.05, 3.63) is 70.0 Å². The number of nitrogens with zero attached hydrogens (tertiary/aromatic N) is 2. The maximum absolute atomic E-state index is 13.1. The average molecular weight is 418 g/mol. The molecule has 2 atom stereocenters. The van der Waals surface area contributed by atoms with Gasteiger partial charge in [0.05, 0.1) is 16.8 Å². The molecule has 2 aromatic heterocycles. The first-order valence-electron chi connectivity index (χ1n) is 10.2. The Balaban J connectivity index is 1.83. The molecule has 0 fully saturated rings. The molecule has 31 heavy (non-hydrogen) atoms. The summed E-state index contributed by atoms with van der Waals surface area (Å²) in [7, 11) is 0. The molecule has 1 aliphatic rings. The molecule has 2 N–H and O–H groups in total. The third-order valence-corrected chi connectivity index (χ3v) is 5.70. The number of hydrogen-bond acceptors (Lipinski definition) is 5. The van der Waals surface area contributed by atoms with E-state index in [2.05, 4.69) is 15.5 Å². The Hall–Kier alpha value is -3.81.